The summed E-state index contributed by atoms with van der Waals surface area (Å²) in [5, 5.41) is 4.35. The van der Waals surface area contributed by atoms with Crippen molar-refractivity contribution in [3.8, 4) is 5.69 Å². The number of aromatic nitrogens is 2. The van der Waals surface area contributed by atoms with Gasteiger partial charge in [0.1, 0.15) is 5.56 Å². The SMILES string of the molecule is CCc1nn(-c2ccccc2)c(C(=O)OC)c1C(=O)OC. The smallest absolute Gasteiger partial charge is 0.357 e. The third-order valence-electron chi connectivity index (χ3n) is 3.06. The third-order valence-corrected chi connectivity index (χ3v) is 3.06. The summed E-state index contributed by atoms with van der Waals surface area (Å²) in [6.07, 6.45) is 0.494. The quantitative estimate of drug-likeness (QED) is 0.805. The summed E-state index contributed by atoms with van der Waals surface area (Å²) in [6.45, 7) is 1.85. The van der Waals surface area contributed by atoms with Crippen molar-refractivity contribution in [3.63, 3.8) is 0 Å². The first-order valence-corrected chi connectivity index (χ1v) is 6.48. The highest BCUT2D eigenvalue weighted by molar-refractivity contribution is 6.03. The second-order valence-electron chi connectivity index (χ2n) is 4.25. The highest BCUT2D eigenvalue weighted by Gasteiger charge is 2.29. The van der Waals surface area contributed by atoms with Crippen molar-refractivity contribution in [2.24, 2.45) is 0 Å². The number of benzene rings is 1. The summed E-state index contributed by atoms with van der Waals surface area (Å²) < 4.78 is 11.0. The van der Waals surface area contributed by atoms with Gasteiger partial charge in [-0.1, -0.05) is 25.1 Å². The molecule has 0 N–H and O–H groups in total. The standard InChI is InChI=1S/C15H16N2O4/c1-4-11-12(14(18)20-2)13(15(19)21-3)17(16-11)10-8-6-5-7-9-10/h5-9H,4H2,1-3H3. The maximum absolute atomic E-state index is 12.1. The molecule has 1 aromatic heterocycles. The van der Waals surface area contributed by atoms with Gasteiger partial charge in [0.2, 0.25) is 0 Å². The Morgan fingerprint density at radius 3 is 2.24 bits per heavy atom. The molecule has 2 rings (SSSR count). The van der Waals surface area contributed by atoms with Gasteiger partial charge in [-0.2, -0.15) is 5.10 Å². The van der Waals surface area contributed by atoms with Gasteiger partial charge >= 0.3 is 11.9 Å². The molecule has 0 aliphatic heterocycles. The minimum absolute atomic E-state index is 0.0763. The molecule has 6 heteroatoms. The lowest BCUT2D eigenvalue weighted by Gasteiger charge is -2.07. The molecule has 1 aromatic carbocycles. The Balaban J connectivity index is 2.73. The van der Waals surface area contributed by atoms with Crippen LogP contribution in [0.3, 0.4) is 0 Å². The molecule has 0 spiro atoms. The highest BCUT2D eigenvalue weighted by Crippen LogP contribution is 2.21. The molecule has 0 radical (unpaired) electrons. The Hall–Kier alpha value is -2.63. The fourth-order valence-electron chi connectivity index (χ4n) is 2.07. The van der Waals surface area contributed by atoms with Crippen LogP contribution in [0.25, 0.3) is 5.69 Å². The van der Waals surface area contributed by atoms with Crippen molar-refractivity contribution < 1.29 is 19.1 Å². The van der Waals surface area contributed by atoms with E-state index in [1.54, 1.807) is 12.1 Å². The zero-order valence-corrected chi connectivity index (χ0v) is 12.1. The van der Waals surface area contributed by atoms with Crippen LogP contribution in [0.4, 0.5) is 0 Å². The van der Waals surface area contributed by atoms with Crippen LogP contribution >= 0.6 is 0 Å². The Morgan fingerprint density at radius 1 is 1.10 bits per heavy atom. The maximum atomic E-state index is 12.1. The summed E-state index contributed by atoms with van der Waals surface area (Å²) in [5.41, 5.74) is 1.39. The molecule has 0 atom stereocenters. The lowest BCUT2D eigenvalue weighted by atomic mass is 10.1. The number of aryl methyl sites for hydroxylation is 1. The topological polar surface area (TPSA) is 70.4 Å². The number of ether oxygens (including phenoxy) is 2. The molecule has 0 saturated heterocycles. The molecule has 0 amide bonds. The largest absolute Gasteiger partial charge is 0.465 e. The molecule has 2 aromatic rings. The van der Waals surface area contributed by atoms with Gasteiger partial charge in [0.25, 0.3) is 0 Å². The summed E-state index contributed by atoms with van der Waals surface area (Å²) in [7, 11) is 2.53. The number of methoxy groups -OCH3 is 2. The number of esters is 2. The first-order valence-electron chi connectivity index (χ1n) is 6.48. The number of para-hydroxylation sites is 1. The lowest BCUT2D eigenvalue weighted by Crippen LogP contribution is -2.15. The van der Waals surface area contributed by atoms with E-state index in [1.807, 2.05) is 25.1 Å². The Morgan fingerprint density at radius 2 is 1.71 bits per heavy atom. The fourth-order valence-corrected chi connectivity index (χ4v) is 2.07. The van der Waals surface area contributed by atoms with E-state index in [4.69, 9.17) is 9.47 Å². The van der Waals surface area contributed by atoms with E-state index in [-0.39, 0.29) is 11.3 Å². The molecule has 0 fully saturated rings. The molecule has 0 saturated carbocycles. The van der Waals surface area contributed by atoms with Crippen LogP contribution in [0.15, 0.2) is 30.3 Å². The van der Waals surface area contributed by atoms with E-state index in [0.29, 0.717) is 17.8 Å². The highest BCUT2D eigenvalue weighted by atomic mass is 16.5. The van der Waals surface area contributed by atoms with Crippen LogP contribution in [0, 0.1) is 0 Å². The summed E-state index contributed by atoms with van der Waals surface area (Å²) >= 11 is 0. The number of nitrogens with zero attached hydrogens (tertiary/aromatic N) is 2. The van der Waals surface area contributed by atoms with Crippen molar-refractivity contribution in [2.75, 3.05) is 14.2 Å². The lowest BCUT2D eigenvalue weighted by molar-refractivity contribution is 0.0548. The van der Waals surface area contributed by atoms with E-state index in [1.165, 1.54) is 18.9 Å². The molecule has 0 unspecified atom stereocenters. The molecular formula is C15H16N2O4. The summed E-state index contributed by atoms with van der Waals surface area (Å²) in [6, 6.07) is 9.08. The zero-order chi connectivity index (χ0) is 15.4. The number of carbonyl (C=O) groups is 2. The predicted molar refractivity (Wildman–Crippen MR) is 75.6 cm³/mol. The predicted octanol–water partition coefficient (Wildman–Crippen LogP) is 2.01. The number of carbonyl (C=O) groups excluding carboxylic acids is 2. The monoisotopic (exact) mass is 288 g/mol. The van der Waals surface area contributed by atoms with Crippen molar-refractivity contribution in [1.82, 2.24) is 9.78 Å². The van der Waals surface area contributed by atoms with Crippen LogP contribution in [-0.4, -0.2) is 35.9 Å². The Labute approximate surface area is 122 Å². The molecule has 21 heavy (non-hydrogen) atoms. The minimum atomic E-state index is -0.633. The Bertz CT molecular complexity index is 662. The zero-order valence-electron chi connectivity index (χ0n) is 12.1. The third kappa shape index (κ3) is 2.65. The van der Waals surface area contributed by atoms with Gasteiger partial charge < -0.3 is 9.47 Å². The first-order chi connectivity index (χ1) is 10.1. The van der Waals surface area contributed by atoms with Crippen molar-refractivity contribution in [1.29, 1.82) is 0 Å². The number of hydrogen-bond donors (Lipinski definition) is 0. The van der Waals surface area contributed by atoms with Gasteiger partial charge in [-0.15, -0.1) is 0 Å². The molecular weight excluding hydrogens is 272 g/mol. The molecule has 0 bridgehead atoms. The first kappa shape index (κ1) is 14.8. The molecule has 110 valence electrons. The van der Waals surface area contributed by atoms with Crippen molar-refractivity contribution >= 4 is 11.9 Å². The fraction of sp³-hybridized carbons (Fsp3) is 0.267. The van der Waals surface area contributed by atoms with Gasteiger partial charge in [0, 0.05) is 0 Å². The van der Waals surface area contributed by atoms with Gasteiger partial charge in [-0.05, 0) is 18.6 Å². The Kier molecular flexibility index (Phi) is 4.37. The van der Waals surface area contributed by atoms with Gasteiger partial charge in [-0.3, -0.25) is 0 Å². The van der Waals surface area contributed by atoms with E-state index < -0.39 is 11.9 Å². The van der Waals surface area contributed by atoms with E-state index >= 15 is 0 Å². The minimum Gasteiger partial charge on any atom is -0.465 e. The second-order valence-corrected chi connectivity index (χ2v) is 4.25. The van der Waals surface area contributed by atoms with Crippen LogP contribution in [-0.2, 0) is 15.9 Å². The molecule has 1 heterocycles. The molecule has 0 aliphatic carbocycles. The van der Waals surface area contributed by atoms with E-state index in [0.717, 1.165) is 0 Å². The van der Waals surface area contributed by atoms with E-state index in [9.17, 15) is 9.59 Å². The van der Waals surface area contributed by atoms with Crippen molar-refractivity contribution in [2.45, 2.75) is 13.3 Å². The van der Waals surface area contributed by atoms with Gasteiger partial charge in [0.15, 0.2) is 5.69 Å². The van der Waals surface area contributed by atoms with E-state index in [2.05, 4.69) is 5.10 Å². The van der Waals surface area contributed by atoms with Crippen LogP contribution < -0.4 is 0 Å². The van der Waals surface area contributed by atoms with Crippen LogP contribution in [0.2, 0.25) is 0 Å². The number of hydrogen-bond acceptors (Lipinski definition) is 5. The van der Waals surface area contributed by atoms with Gasteiger partial charge in [0.05, 0.1) is 25.6 Å². The summed E-state index contributed by atoms with van der Waals surface area (Å²) in [4.78, 5) is 24.1. The maximum Gasteiger partial charge on any atom is 0.357 e. The normalized spacial score (nSPS) is 10.2. The van der Waals surface area contributed by atoms with Crippen molar-refractivity contribution in [3.05, 3.63) is 47.3 Å². The van der Waals surface area contributed by atoms with Crippen LogP contribution in [0.1, 0.15) is 33.5 Å². The van der Waals surface area contributed by atoms with Gasteiger partial charge in [-0.25, -0.2) is 14.3 Å². The molecule has 6 nitrogen and oxygen atoms in total. The molecule has 0 aliphatic rings. The second kappa shape index (κ2) is 6.21. The average molecular weight is 288 g/mol. The number of rotatable bonds is 4. The average Bonchev–Trinajstić information content (AvgIpc) is 2.93. The van der Waals surface area contributed by atoms with Crippen LogP contribution in [0.5, 0.6) is 0 Å². The summed E-state index contributed by atoms with van der Waals surface area (Å²) in [5.74, 6) is -1.24.